The normalized spacial score (nSPS) is 12.9. The van der Waals surface area contributed by atoms with Gasteiger partial charge in [-0.15, -0.1) is 0 Å². The van der Waals surface area contributed by atoms with Gasteiger partial charge in [-0.2, -0.15) is 0 Å². The molecule has 0 aliphatic heterocycles. The second-order valence-electron chi connectivity index (χ2n) is 5.22. The fourth-order valence-electron chi connectivity index (χ4n) is 2.27. The van der Waals surface area contributed by atoms with Crippen LogP contribution in [0.25, 0.3) is 0 Å². The molecule has 1 unspecified atom stereocenters. The quantitative estimate of drug-likeness (QED) is 0.297. The molecule has 0 radical (unpaired) electrons. The molecule has 0 bridgehead atoms. The van der Waals surface area contributed by atoms with E-state index in [1.165, 1.54) is 25.7 Å². The van der Waals surface area contributed by atoms with Crippen molar-refractivity contribution >= 4 is 10.1 Å². The van der Waals surface area contributed by atoms with Crippen LogP contribution in [0.3, 0.4) is 0 Å². The van der Waals surface area contributed by atoms with Crippen LogP contribution in [0.4, 0.5) is 0 Å². The summed E-state index contributed by atoms with van der Waals surface area (Å²) in [4.78, 5) is 0. The van der Waals surface area contributed by atoms with Crippen LogP contribution >= 0.6 is 0 Å². The Hall–Kier alpha value is 1.51. The third-order valence-electron chi connectivity index (χ3n) is 3.55. The smallest absolute Gasteiger partial charge is 0.748 e. The monoisotopic (exact) mass is 332 g/mol. The van der Waals surface area contributed by atoms with Gasteiger partial charge in [-0.1, -0.05) is 58.3 Å². The van der Waals surface area contributed by atoms with Crippen LogP contribution in [0.5, 0.6) is 0 Å². The molecule has 0 saturated heterocycles. The molecular weight excluding hydrogens is 303 g/mol. The number of hydrogen-bond acceptors (Lipinski definition) is 4. The molecule has 0 saturated carbocycles. The van der Waals surface area contributed by atoms with E-state index in [1.54, 1.807) is 6.92 Å². The molecule has 116 valence electrons. The summed E-state index contributed by atoms with van der Waals surface area (Å²) in [5.41, 5.74) is 0. The zero-order valence-electron chi connectivity index (χ0n) is 13.1. The number of unbranched alkanes of at least 4 members (excludes halogenated alkanes) is 8. The van der Waals surface area contributed by atoms with E-state index in [9.17, 15) is 13.0 Å². The molecule has 0 amide bonds. The van der Waals surface area contributed by atoms with E-state index < -0.39 is 15.4 Å². The molecule has 1 atom stereocenters. The Morgan fingerprint density at radius 1 is 0.900 bits per heavy atom. The first kappa shape index (κ1) is 23.8. The van der Waals surface area contributed by atoms with Gasteiger partial charge in [0.05, 0.1) is 10.1 Å². The van der Waals surface area contributed by atoms with E-state index in [4.69, 9.17) is 5.11 Å². The van der Waals surface area contributed by atoms with Gasteiger partial charge in [0, 0.05) is 11.9 Å². The van der Waals surface area contributed by atoms with Crippen molar-refractivity contribution in [2.24, 2.45) is 0 Å². The fraction of sp³-hybridized carbons (Fsp3) is 1.00. The van der Waals surface area contributed by atoms with Crippen molar-refractivity contribution in [1.82, 2.24) is 0 Å². The van der Waals surface area contributed by atoms with Crippen LogP contribution in [-0.4, -0.2) is 29.9 Å². The van der Waals surface area contributed by atoms with Gasteiger partial charge in [-0.05, 0) is 19.3 Å². The molecule has 0 aromatic heterocycles. The molecule has 4 nitrogen and oxygen atoms in total. The minimum absolute atomic E-state index is 0. The first-order valence-corrected chi connectivity index (χ1v) is 9.05. The number of hydrogen-bond donors (Lipinski definition) is 1. The largest absolute Gasteiger partial charge is 1.00 e. The summed E-state index contributed by atoms with van der Waals surface area (Å²) in [6.07, 6.45) is 10.7. The van der Waals surface area contributed by atoms with Crippen LogP contribution in [0.1, 0.15) is 77.6 Å². The zero-order chi connectivity index (χ0) is 14.6. The SMILES string of the molecule is CCC(CCCCCCCCCCCO)S(=O)(=O)[O-].[K+]. The van der Waals surface area contributed by atoms with Gasteiger partial charge in [0.1, 0.15) is 0 Å². The van der Waals surface area contributed by atoms with E-state index in [0.29, 0.717) is 19.4 Å². The standard InChI is InChI=1S/C14H30O4S.K/c1-2-14(19(16,17)18)12-10-8-6-4-3-5-7-9-11-13-15;/h14-15H,2-13H2,1H3,(H,16,17,18);/q;+1/p-1. The average Bonchev–Trinajstić information content (AvgIpc) is 2.34. The molecule has 0 spiro atoms. The third kappa shape index (κ3) is 14.4. The Morgan fingerprint density at radius 3 is 1.65 bits per heavy atom. The van der Waals surface area contributed by atoms with E-state index in [2.05, 4.69) is 0 Å². The minimum atomic E-state index is -4.10. The number of aliphatic hydroxyl groups excluding tert-OH is 1. The van der Waals surface area contributed by atoms with Crippen molar-refractivity contribution in [3.63, 3.8) is 0 Å². The summed E-state index contributed by atoms with van der Waals surface area (Å²) in [7, 11) is -4.10. The molecule has 0 aromatic rings. The van der Waals surface area contributed by atoms with Crippen LogP contribution in [0, 0.1) is 0 Å². The zero-order valence-corrected chi connectivity index (χ0v) is 17.1. The van der Waals surface area contributed by atoms with Crippen LogP contribution < -0.4 is 51.4 Å². The topological polar surface area (TPSA) is 77.4 Å². The molecule has 6 heteroatoms. The van der Waals surface area contributed by atoms with E-state index in [0.717, 1.165) is 32.1 Å². The van der Waals surface area contributed by atoms with Crippen molar-refractivity contribution in [3.8, 4) is 0 Å². The van der Waals surface area contributed by atoms with E-state index in [-0.39, 0.29) is 51.4 Å². The number of aliphatic hydroxyl groups is 1. The Labute approximate surface area is 167 Å². The van der Waals surface area contributed by atoms with Crippen LogP contribution in [0.2, 0.25) is 0 Å². The molecule has 1 N–H and O–H groups in total. The third-order valence-corrected chi connectivity index (χ3v) is 4.93. The first-order valence-electron chi connectivity index (χ1n) is 7.58. The number of rotatable bonds is 13. The summed E-state index contributed by atoms with van der Waals surface area (Å²) in [6.45, 7) is 2.05. The van der Waals surface area contributed by atoms with Crippen LogP contribution in [-0.2, 0) is 10.1 Å². The van der Waals surface area contributed by atoms with Gasteiger partial charge in [-0.25, -0.2) is 8.42 Å². The molecule has 0 heterocycles. The molecule has 0 aromatic carbocycles. The Kier molecular flexibility index (Phi) is 18.3. The van der Waals surface area contributed by atoms with Crippen molar-refractivity contribution in [3.05, 3.63) is 0 Å². The molecule has 0 aliphatic carbocycles. The maximum Gasteiger partial charge on any atom is 1.00 e. The Bertz CT molecular complexity index is 294. The summed E-state index contributed by atoms with van der Waals surface area (Å²) < 4.78 is 32.6. The van der Waals surface area contributed by atoms with Gasteiger partial charge in [-0.3, -0.25) is 0 Å². The Balaban J connectivity index is 0. The minimum Gasteiger partial charge on any atom is -0.748 e. The van der Waals surface area contributed by atoms with Crippen LogP contribution in [0.15, 0.2) is 0 Å². The molecule has 0 aliphatic rings. The van der Waals surface area contributed by atoms with Gasteiger partial charge in [0.15, 0.2) is 0 Å². The summed E-state index contributed by atoms with van der Waals surface area (Å²) in [5.74, 6) is 0. The van der Waals surface area contributed by atoms with Crippen molar-refractivity contribution < 1.29 is 69.5 Å². The second kappa shape index (κ2) is 15.4. The van der Waals surface area contributed by atoms with Gasteiger partial charge < -0.3 is 9.66 Å². The van der Waals surface area contributed by atoms with Crippen molar-refractivity contribution in [2.75, 3.05) is 6.61 Å². The molecule has 0 fully saturated rings. The summed E-state index contributed by atoms with van der Waals surface area (Å²) in [5, 5.41) is 7.93. The van der Waals surface area contributed by atoms with Crippen molar-refractivity contribution in [2.45, 2.75) is 82.8 Å². The Morgan fingerprint density at radius 2 is 1.30 bits per heavy atom. The van der Waals surface area contributed by atoms with E-state index >= 15 is 0 Å². The van der Waals surface area contributed by atoms with Gasteiger partial charge in [0.25, 0.3) is 0 Å². The van der Waals surface area contributed by atoms with Gasteiger partial charge in [0.2, 0.25) is 0 Å². The fourth-order valence-corrected chi connectivity index (χ4v) is 3.14. The van der Waals surface area contributed by atoms with E-state index in [1.807, 2.05) is 0 Å². The molecule has 20 heavy (non-hydrogen) atoms. The maximum absolute atomic E-state index is 10.9. The molecule has 0 rings (SSSR count). The van der Waals surface area contributed by atoms with Gasteiger partial charge >= 0.3 is 51.4 Å². The predicted octanol–water partition coefficient (Wildman–Crippen LogP) is 0.208. The average molecular weight is 333 g/mol. The summed E-state index contributed by atoms with van der Waals surface area (Å²) in [6, 6.07) is 0. The van der Waals surface area contributed by atoms with Crippen molar-refractivity contribution in [1.29, 1.82) is 0 Å². The first-order chi connectivity index (χ1) is 9.02. The maximum atomic E-state index is 10.9. The summed E-state index contributed by atoms with van der Waals surface area (Å²) >= 11 is 0. The second-order valence-corrected chi connectivity index (χ2v) is 6.87. The molecular formula is C14H29KO4S. The predicted molar refractivity (Wildman–Crippen MR) is 77.0 cm³/mol.